The Labute approximate surface area is 167 Å². The number of nitriles is 1. The van der Waals surface area contributed by atoms with E-state index in [1.54, 1.807) is 24.3 Å². The maximum atomic E-state index is 10.8. The lowest BCUT2D eigenvalue weighted by Crippen LogP contribution is -1.97. The number of benzene rings is 3. The van der Waals surface area contributed by atoms with Crippen LogP contribution in [0.2, 0.25) is 5.02 Å². The molecule has 0 unspecified atom stereocenters. The van der Waals surface area contributed by atoms with Crippen molar-refractivity contribution in [3.05, 3.63) is 105 Å². The molecule has 0 fully saturated rings. The van der Waals surface area contributed by atoms with Crippen LogP contribution in [0.25, 0.3) is 11.6 Å². The minimum Gasteiger partial charge on any atom is -0.488 e. The minimum atomic E-state index is -0.474. The van der Waals surface area contributed by atoms with Crippen LogP contribution < -0.4 is 4.74 Å². The Morgan fingerprint density at radius 1 is 1.11 bits per heavy atom. The predicted octanol–water partition coefficient (Wildman–Crippen LogP) is 5.89. The molecular weight excluding hydrogens is 376 g/mol. The van der Waals surface area contributed by atoms with Gasteiger partial charge in [0.1, 0.15) is 12.4 Å². The molecule has 28 heavy (non-hydrogen) atoms. The second kappa shape index (κ2) is 8.85. The summed E-state index contributed by atoms with van der Waals surface area (Å²) in [7, 11) is 0. The number of rotatable bonds is 6. The number of nitrogens with zero attached hydrogens (tertiary/aromatic N) is 2. The Kier molecular flexibility index (Phi) is 6.05. The highest BCUT2D eigenvalue weighted by Gasteiger charge is 2.09. The van der Waals surface area contributed by atoms with Crippen molar-refractivity contribution >= 4 is 28.9 Å². The second-order valence-corrected chi connectivity index (χ2v) is 6.37. The summed E-state index contributed by atoms with van der Waals surface area (Å²) in [4.78, 5) is 10.3. The molecular formula is C22H15ClN2O3. The Balaban J connectivity index is 1.86. The first-order valence-corrected chi connectivity index (χ1v) is 8.77. The van der Waals surface area contributed by atoms with E-state index in [2.05, 4.69) is 6.07 Å². The molecule has 0 aliphatic heterocycles. The smallest absolute Gasteiger partial charge is 0.269 e. The van der Waals surface area contributed by atoms with Crippen LogP contribution in [-0.4, -0.2) is 4.92 Å². The lowest BCUT2D eigenvalue weighted by molar-refractivity contribution is -0.384. The monoisotopic (exact) mass is 390 g/mol. The second-order valence-electron chi connectivity index (χ2n) is 5.93. The molecule has 138 valence electrons. The molecule has 0 saturated carbocycles. The summed E-state index contributed by atoms with van der Waals surface area (Å²) in [5, 5.41) is 21.0. The Hall–Kier alpha value is -3.62. The summed E-state index contributed by atoms with van der Waals surface area (Å²) in [6.45, 7) is 0.338. The first-order chi connectivity index (χ1) is 13.6. The van der Waals surface area contributed by atoms with Crippen molar-refractivity contribution in [1.82, 2.24) is 0 Å². The lowest BCUT2D eigenvalue weighted by Gasteiger charge is -2.10. The highest BCUT2D eigenvalue weighted by atomic mass is 35.5. The maximum Gasteiger partial charge on any atom is 0.269 e. The van der Waals surface area contributed by atoms with Gasteiger partial charge in [-0.25, -0.2) is 0 Å². The molecule has 0 atom stereocenters. The number of nitro groups is 1. The number of hydrogen-bond donors (Lipinski definition) is 0. The molecule has 3 aromatic rings. The van der Waals surface area contributed by atoms with Crippen molar-refractivity contribution in [3.63, 3.8) is 0 Å². The molecule has 0 N–H and O–H groups in total. The summed E-state index contributed by atoms with van der Waals surface area (Å²) >= 11 is 6.00. The van der Waals surface area contributed by atoms with E-state index >= 15 is 0 Å². The molecule has 0 saturated heterocycles. The van der Waals surface area contributed by atoms with Gasteiger partial charge in [0, 0.05) is 22.7 Å². The molecule has 6 heteroatoms. The van der Waals surface area contributed by atoms with Gasteiger partial charge in [-0.1, -0.05) is 41.9 Å². The largest absolute Gasteiger partial charge is 0.488 e. The summed E-state index contributed by atoms with van der Waals surface area (Å²) in [5.74, 6) is 0.622. The number of allylic oxidation sites excluding steroid dienone is 1. The average Bonchev–Trinajstić information content (AvgIpc) is 2.71. The molecule has 0 radical (unpaired) electrons. The fourth-order valence-electron chi connectivity index (χ4n) is 2.62. The fraction of sp³-hybridized carbons (Fsp3) is 0.0455. The average molecular weight is 391 g/mol. The molecule has 0 spiro atoms. The van der Waals surface area contributed by atoms with Crippen LogP contribution >= 0.6 is 11.6 Å². The maximum absolute atomic E-state index is 10.8. The van der Waals surface area contributed by atoms with Crippen molar-refractivity contribution in [2.75, 3.05) is 0 Å². The number of non-ortho nitro benzene ring substituents is 1. The van der Waals surface area contributed by atoms with E-state index in [1.807, 2.05) is 42.5 Å². The number of hydrogen-bond acceptors (Lipinski definition) is 4. The molecule has 0 bridgehead atoms. The van der Waals surface area contributed by atoms with Gasteiger partial charge in [-0.3, -0.25) is 10.1 Å². The summed E-state index contributed by atoms with van der Waals surface area (Å²) in [6.07, 6.45) is 1.70. The lowest BCUT2D eigenvalue weighted by atomic mass is 10.0. The summed E-state index contributed by atoms with van der Waals surface area (Å²) < 4.78 is 5.91. The van der Waals surface area contributed by atoms with E-state index in [0.717, 1.165) is 11.1 Å². The highest BCUT2D eigenvalue weighted by Crippen LogP contribution is 2.26. The first-order valence-electron chi connectivity index (χ1n) is 8.40. The van der Waals surface area contributed by atoms with Gasteiger partial charge in [0.2, 0.25) is 0 Å². The van der Waals surface area contributed by atoms with Gasteiger partial charge in [0.05, 0.1) is 16.6 Å². The zero-order valence-corrected chi connectivity index (χ0v) is 15.5. The molecule has 0 aliphatic carbocycles. The highest BCUT2D eigenvalue weighted by molar-refractivity contribution is 6.30. The van der Waals surface area contributed by atoms with Crippen molar-refractivity contribution < 1.29 is 9.66 Å². The molecule has 0 aromatic heterocycles. The zero-order chi connectivity index (χ0) is 19.9. The van der Waals surface area contributed by atoms with Crippen molar-refractivity contribution in [2.45, 2.75) is 6.61 Å². The SMILES string of the molecule is N#C/C(=C/c1ccccc1OCc1cccc(Cl)c1)c1ccc([N+](=O)[O-])cc1. The summed E-state index contributed by atoms with van der Waals surface area (Å²) in [6, 6.07) is 22.8. The standard InChI is InChI=1S/C22H15ClN2O3/c23-20-6-3-4-16(12-20)15-28-22-7-2-1-5-18(22)13-19(14-24)17-8-10-21(11-9-17)25(26)27/h1-13H,15H2/b19-13-. The van der Waals surface area contributed by atoms with Crippen molar-refractivity contribution in [1.29, 1.82) is 5.26 Å². The van der Waals surface area contributed by atoms with E-state index in [-0.39, 0.29) is 5.69 Å². The van der Waals surface area contributed by atoms with E-state index < -0.39 is 4.92 Å². The van der Waals surface area contributed by atoms with Gasteiger partial charge in [-0.2, -0.15) is 5.26 Å². The Morgan fingerprint density at radius 3 is 2.54 bits per heavy atom. The minimum absolute atomic E-state index is 0.0219. The van der Waals surface area contributed by atoms with Gasteiger partial charge in [-0.05, 0) is 47.5 Å². The van der Waals surface area contributed by atoms with E-state index in [0.29, 0.717) is 28.5 Å². The zero-order valence-electron chi connectivity index (χ0n) is 14.7. The van der Waals surface area contributed by atoms with E-state index in [9.17, 15) is 15.4 Å². The summed E-state index contributed by atoms with van der Waals surface area (Å²) in [5.41, 5.74) is 2.62. The number of halogens is 1. The van der Waals surface area contributed by atoms with Gasteiger partial charge in [-0.15, -0.1) is 0 Å². The molecule has 3 aromatic carbocycles. The molecule has 0 aliphatic rings. The number of para-hydroxylation sites is 1. The Morgan fingerprint density at radius 2 is 1.86 bits per heavy atom. The first kappa shape index (κ1) is 19.2. The van der Waals surface area contributed by atoms with Crippen molar-refractivity contribution in [2.24, 2.45) is 0 Å². The van der Waals surface area contributed by atoms with Crippen LogP contribution in [0, 0.1) is 21.4 Å². The van der Waals surface area contributed by atoms with Crippen LogP contribution in [0.15, 0.2) is 72.8 Å². The predicted molar refractivity (Wildman–Crippen MR) is 109 cm³/mol. The van der Waals surface area contributed by atoms with E-state index in [4.69, 9.17) is 16.3 Å². The quantitative estimate of drug-likeness (QED) is 0.227. The fourth-order valence-corrected chi connectivity index (χ4v) is 2.83. The van der Waals surface area contributed by atoms with Crippen LogP contribution in [0.1, 0.15) is 16.7 Å². The topological polar surface area (TPSA) is 76.2 Å². The van der Waals surface area contributed by atoms with Gasteiger partial charge < -0.3 is 4.74 Å². The van der Waals surface area contributed by atoms with Crippen LogP contribution in [0.5, 0.6) is 5.75 Å². The van der Waals surface area contributed by atoms with Crippen LogP contribution in [0.3, 0.4) is 0 Å². The van der Waals surface area contributed by atoms with Gasteiger partial charge in [0.25, 0.3) is 5.69 Å². The normalized spacial score (nSPS) is 10.9. The van der Waals surface area contributed by atoms with Crippen LogP contribution in [0.4, 0.5) is 5.69 Å². The van der Waals surface area contributed by atoms with Gasteiger partial charge >= 0.3 is 0 Å². The molecule has 3 rings (SSSR count). The molecule has 0 amide bonds. The van der Waals surface area contributed by atoms with Crippen molar-refractivity contribution in [3.8, 4) is 11.8 Å². The Bertz CT molecular complexity index is 1070. The third-order valence-electron chi connectivity index (χ3n) is 4.01. The number of ether oxygens (including phenoxy) is 1. The molecule has 0 heterocycles. The van der Waals surface area contributed by atoms with Crippen LogP contribution in [-0.2, 0) is 6.61 Å². The number of nitro benzene ring substituents is 1. The van der Waals surface area contributed by atoms with Gasteiger partial charge in [0.15, 0.2) is 0 Å². The third kappa shape index (κ3) is 4.76. The van der Waals surface area contributed by atoms with E-state index in [1.165, 1.54) is 12.1 Å². The molecule has 5 nitrogen and oxygen atoms in total. The third-order valence-corrected chi connectivity index (χ3v) is 4.25.